The summed E-state index contributed by atoms with van der Waals surface area (Å²) in [5.74, 6) is -2.76. The molecule has 2 aromatic rings. The molecule has 0 aliphatic carbocycles. The van der Waals surface area contributed by atoms with Crippen LogP contribution in [0.5, 0.6) is 0 Å². The number of alkyl halides is 3. The van der Waals surface area contributed by atoms with Crippen molar-refractivity contribution >= 4 is 46.6 Å². The van der Waals surface area contributed by atoms with Crippen LogP contribution in [-0.4, -0.2) is 147 Å². The Labute approximate surface area is 374 Å². The Morgan fingerprint density at radius 1 is 0.694 bits per heavy atom. The lowest BCUT2D eigenvalue weighted by Gasteiger charge is -2.45. The molecule has 2 aromatic carbocycles. The zero-order valence-electron chi connectivity index (χ0n) is 36.5. The number of halogens is 5. The maximum absolute atomic E-state index is 12.5. The summed E-state index contributed by atoms with van der Waals surface area (Å²) in [6, 6.07) is 12.9. The highest BCUT2D eigenvalue weighted by atomic mass is 35.5. The van der Waals surface area contributed by atoms with E-state index in [2.05, 4.69) is 61.3 Å². The van der Waals surface area contributed by atoms with Gasteiger partial charge < -0.3 is 39.3 Å². The Balaban J connectivity index is 0.000000183. The second-order valence-electron chi connectivity index (χ2n) is 18.2. The summed E-state index contributed by atoms with van der Waals surface area (Å²) >= 11 is 13.7. The molecule has 0 aromatic heterocycles. The monoisotopic (exact) mass is 912 g/mol. The van der Waals surface area contributed by atoms with Gasteiger partial charge in [0.15, 0.2) is 0 Å². The SMILES string of the molecule is CC(C)(C)OC(=O)N1CCC2(CCCN2Cc2cccc(N3CCOCC3)c2Cl)CC1.Clc1c(CN2CCCC23CCNCC3)cccc1N1CCOCC1.O=C(O)C(F)(F)F. The van der Waals surface area contributed by atoms with Crippen LogP contribution in [0, 0.1) is 0 Å². The maximum atomic E-state index is 12.5. The van der Waals surface area contributed by atoms with Gasteiger partial charge in [0.1, 0.15) is 5.60 Å². The van der Waals surface area contributed by atoms with E-state index in [1.54, 1.807) is 0 Å². The molecule has 346 valence electrons. The highest BCUT2D eigenvalue weighted by Crippen LogP contribution is 2.42. The molecule has 6 aliphatic rings. The van der Waals surface area contributed by atoms with Crippen LogP contribution >= 0.6 is 23.2 Å². The van der Waals surface area contributed by atoms with E-state index >= 15 is 0 Å². The zero-order valence-corrected chi connectivity index (χ0v) is 38.1. The van der Waals surface area contributed by atoms with E-state index in [-0.39, 0.29) is 11.6 Å². The highest BCUT2D eigenvalue weighted by molar-refractivity contribution is 6.34. The van der Waals surface area contributed by atoms with Crippen molar-refractivity contribution in [3.05, 3.63) is 57.6 Å². The van der Waals surface area contributed by atoms with Gasteiger partial charge in [0.25, 0.3) is 0 Å². The van der Waals surface area contributed by atoms with E-state index in [1.807, 2.05) is 25.7 Å². The number of nitrogens with zero attached hydrogens (tertiary/aromatic N) is 5. The van der Waals surface area contributed by atoms with Crippen LogP contribution in [0.2, 0.25) is 10.0 Å². The number of hydrogen-bond donors (Lipinski definition) is 2. The number of amides is 1. The van der Waals surface area contributed by atoms with Gasteiger partial charge in [-0.15, -0.1) is 0 Å². The van der Waals surface area contributed by atoms with E-state index in [9.17, 15) is 18.0 Å². The number of benzene rings is 2. The van der Waals surface area contributed by atoms with Crippen molar-refractivity contribution in [3.8, 4) is 0 Å². The predicted octanol–water partition coefficient (Wildman–Crippen LogP) is 8.07. The smallest absolute Gasteiger partial charge is 0.475 e. The number of carbonyl (C=O) groups excluding carboxylic acids is 1. The molecule has 0 saturated carbocycles. The first kappa shape index (κ1) is 48.4. The average Bonchev–Trinajstić information content (AvgIpc) is 3.81. The van der Waals surface area contributed by atoms with Crippen LogP contribution in [0.4, 0.5) is 29.3 Å². The van der Waals surface area contributed by atoms with E-state index in [0.29, 0.717) is 5.54 Å². The second kappa shape index (κ2) is 21.3. The molecule has 2 spiro atoms. The Hall–Kier alpha value is -3.05. The minimum Gasteiger partial charge on any atom is -0.475 e. The number of aliphatic carboxylic acids is 1. The van der Waals surface area contributed by atoms with Crippen molar-refractivity contribution in [2.75, 3.05) is 102 Å². The highest BCUT2D eigenvalue weighted by Gasteiger charge is 2.45. The average molecular weight is 914 g/mol. The summed E-state index contributed by atoms with van der Waals surface area (Å²) in [6.07, 6.45) is 4.31. The Kier molecular flexibility index (Phi) is 16.6. The van der Waals surface area contributed by atoms with E-state index in [4.69, 9.17) is 47.3 Å². The van der Waals surface area contributed by atoms with Gasteiger partial charge in [0.2, 0.25) is 0 Å². The lowest BCUT2D eigenvalue weighted by Crippen LogP contribution is -2.53. The minimum atomic E-state index is -5.08. The Bertz CT molecular complexity index is 1790. The molecule has 8 rings (SSSR count). The lowest BCUT2D eigenvalue weighted by atomic mass is 9.85. The fourth-order valence-electron chi connectivity index (χ4n) is 9.82. The fourth-order valence-corrected chi connectivity index (χ4v) is 10.4. The quantitative estimate of drug-likeness (QED) is 0.294. The van der Waals surface area contributed by atoms with E-state index < -0.39 is 17.7 Å². The molecular formula is C45H65Cl2F3N6O6. The molecule has 0 bridgehead atoms. The number of anilines is 2. The molecule has 2 N–H and O–H groups in total. The topological polar surface area (TPSA) is 110 Å². The van der Waals surface area contributed by atoms with Crippen molar-refractivity contribution in [1.82, 2.24) is 20.0 Å². The zero-order chi connectivity index (χ0) is 44.5. The number of hydrogen-bond acceptors (Lipinski definition) is 10. The van der Waals surface area contributed by atoms with Gasteiger partial charge >= 0.3 is 18.2 Å². The van der Waals surface area contributed by atoms with Crippen LogP contribution in [0.15, 0.2) is 36.4 Å². The number of ether oxygens (including phenoxy) is 3. The fraction of sp³-hybridized carbons (Fsp3) is 0.689. The van der Waals surface area contributed by atoms with Gasteiger partial charge in [-0.2, -0.15) is 13.2 Å². The number of morpholine rings is 2. The normalized spacial score (nSPS) is 21.9. The van der Waals surface area contributed by atoms with Crippen LogP contribution in [0.25, 0.3) is 0 Å². The molecular weight excluding hydrogens is 848 g/mol. The first-order valence-corrected chi connectivity index (χ1v) is 22.9. The lowest BCUT2D eigenvalue weighted by molar-refractivity contribution is -0.192. The number of carboxylic acid groups (broad SMARTS) is 1. The molecule has 62 heavy (non-hydrogen) atoms. The van der Waals surface area contributed by atoms with E-state index in [0.717, 1.165) is 127 Å². The minimum absolute atomic E-state index is 0.164. The third-order valence-corrected chi connectivity index (χ3v) is 14.0. The third-order valence-electron chi connectivity index (χ3n) is 13.1. The van der Waals surface area contributed by atoms with Crippen molar-refractivity contribution in [2.24, 2.45) is 0 Å². The molecule has 12 nitrogen and oxygen atoms in total. The molecule has 17 heteroatoms. The largest absolute Gasteiger partial charge is 0.490 e. The molecule has 1 amide bonds. The number of nitrogens with one attached hydrogen (secondary N) is 1. The number of rotatable bonds is 6. The predicted molar refractivity (Wildman–Crippen MR) is 237 cm³/mol. The standard InChI is InChI=1S/C24H36ClN3O3.C19H28ClN3O.C2HF3O2/c1-23(2,3)31-22(29)27-12-9-24(10-13-27)8-5-11-28(24)18-19-6-4-7-20(21(19)25)26-14-16-30-17-15-26;20-18-16(3-1-4-17(18)22-11-13-24-14-12-22)15-23-10-2-5-19(23)6-8-21-9-7-19;3-2(4,5)1(6)7/h4,6-7H,5,8-18H2,1-3H3;1,3-4,21H,2,5-15H2;(H,6,7). The van der Waals surface area contributed by atoms with Gasteiger partial charge in [-0.3, -0.25) is 9.80 Å². The summed E-state index contributed by atoms with van der Waals surface area (Å²) in [4.78, 5) is 33.3. The van der Waals surface area contributed by atoms with Gasteiger partial charge in [0.05, 0.1) is 47.8 Å². The van der Waals surface area contributed by atoms with Crippen LogP contribution < -0.4 is 15.1 Å². The van der Waals surface area contributed by atoms with E-state index in [1.165, 1.54) is 61.9 Å². The molecule has 6 heterocycles. The number of carbonyl (C=O) groups is 2. The molecule has 6 fully saturated rings. The molecule has 0 unspecified atom stereocenters. The first-order chi connectivity index (χ1) is 29.5. The van der Waals surface area contributed by atoms with Gasteiger partial charge in [-0.1, -0.05) is 47.5 Å². The van der Waals surface area contributed by atoms with Crippen molar-refractivity contribution in [1.29, 1.82) is 0 Å². The van der Waals surface area contributed by atoms with Gasteiger partial charge in [0, 0.05) is 63.4 Å². The maximum Gasteiger partial charge on any atom is 0.490 e. The second-order valence-corrected chi connectivity index (χ2v) is 19.0. The van der Waals surface area contributed by atoms with Crippen molar-refractivity contribution in [2.45, 2.75) is 108 Å². The number of carboxylic acids is 1. The molecule has 6 aliphatic heterocycles. The Morgan fingerprint density at radius 2 is 1.11 bits per heavy atom. The number of likely N-dealkylation sites (tertiary alicyclic amines) is 3. The summed E-state index contributed by atoms with van der Waals surface area (Å²) in [6.45, 7) is 20.5. The molecule has 0 atom stereocenters. The third kappa shape index (κ3) is 12.4. The van der Waals surface area contributed by atoms with Crippen LogP contribution in [0.3, 0.4) is 0 Å². The molecule has 6 saturated heterocycles. The first-order valence-electron chi connectivity index (χ1n) is 22.2. The summed E-state index contributed by atoms with van der Waals surface area (Å²) < 4.78 is 48.3. The molecule has 0 radical (unpaired) electrons. The summed E-state index contributed by atoms with van der Waals surface area (Å²) in [5, 5.41) is 12.5. The van der Waals surface area contributed by atoms with Crippen molar-refractivity contribution < 1.29 is 42.1 Å². The number of piperidine rings is 2. The Morgan fingerprint density at radius 3 is 1.52 bits per heavy atom. The van der Waals surface area contributed by atoms with Crippen LogP contribution in [-0.2, 0) is 32.1 Å². The summed E-state index contributed by atoms with van der Waals surface area (Å²) in [7, 11) is 0. The van der Waals surface area contributed by atoms with Crippen LogP contribution in [0.1, 0.15) is 83.3 Å². The van der Waals surface area contributed by atoms with Crippen molar-refractivity contribution in [3.63, 3.8) is 0 Å². The van der Waals surface area contributed by atoms with Gasteiger partial charge in [-0.25, -0.2) is 9.59 Å². The van der Waals surface area contributed by atoms with Gasteiger partial charge in [-0.05, 0) is 122 Å². The summed E-state index contributed by atoms with van der Waals surface area (Å²) in [5.41, 5.74) is 4.89.